The molecule has 26 heavy (non-hydrogen) atoms. The zero-order chi connectivity index (χ0) is 18.7. The molecule has 2 N–H and O–H groups in total. The fraction of sp³-hybridized carbons (Fsp3) is 0.333. The molecule has 0 radical (unpaired) electrons. The van der Waals surface area contributed by atoms with Gasteiger partial charge in [-0.1, -0.05) is 55.5 Å². The zero-order valence-corrected chi connectivity index (χ0v) is 15.0. The molecule has 1 aliphatic rings. The van der Waals surface area contributed by atoms with Crippen LogP contribution in [0.1, 0.15) is 30.4 Å². The van der Waals surface area contributed by atoms with Gasteiger partial charge in [0.2, 0.25) is 0 Å². The number of rotatable bonds is 6. The van der Waals surface area contributed by atoms with Gasteiger partial charge in [-0.25, -0.2) is 0 Å². The normalized spacial score (nSPS) is 14.9. The lowest BCUT2D eigenvalue weighted by molar-refractivity contribution is -0.147. The Morgan fingerprint density at radius 2 is 1.58 bits per heavy atom. The molecule has 1 aliphatic carbocycles. The molecular formula is C21H23NO4. The molecule has 0 aliphatic heterocycles. The third-order valence-electron chi connectivity index (χ3n) is 4.95. The molecular weight excluding hydrogens is 330 g/mol. The average molecular weight is 353 g/mol. The van der Waals surface area contributed by atoms with Crippen LogP contribution >= 0.6 is 0 Å². The van der Waals surface area contributed by atoms with Gasteiger partial charge in [-0.05, 0) is 28.2 Å². The van der Waals surface area contributed by atoms with E-state index in [-0.39, 0.29) is 30.8 Å². The number of carbonyl (C=O) groups excluding carboxylic acids is 2. The number of nitrogens with two attached hydrogens (primary N) is 1. The van der Waals surface area contributed by atoms with Crippen molar-refractivity contribution in [2.75, 3.05) is 13.7 Å². The Hall–Kier alpha value is -2.66. The highest BCUT2D eigenvalue weighted by Gasteiger charge is 2.30. The molecule has 2 atom stereocenters. The summed E-state index contributed by atoms with van der Waals surface area (Å²) in [5.74, 6) is -1.21. The fourth-order valence-electron chi connectivity index (χ4n) is 3.43. The maximum absolute atomic E-state index is 12.2. The van der Waals surface area contributed by atoms with E-state index in [0.717, 1.165) is 0 Å². The molecule has 0 unspecified atom stereocenters. The molecule has 0 fully saturated rings. The number of hydrogen-bond donors (Lipinski definition) is 1. The van der Waals surface area contributed by atoms with Crippen LogP contribution in [0.4, 0.5) is 0 Å². The van der Waals surface area contributed by atoms with Crippen molar-refractivity contribution >= 4 is 11.9 Å². The van der Waals surface area contributed by atoms with Crippen molar-refractivity contribution in [2.24, 2.45) is 11.7 Å². The lowest BCUT2D eigenvalue weighted by Crippen LogP contribution is -2.38. The third-order valence-corrected chi connectivity index (χ3v) is 4.95. The molecule has 0 heterocycles. The predicted octanol–water partition coefficient (Wildman–Crippen LogP) is 2.87. The first-order valence-corrected chi connectivity index (χ1v) is 8.70. The maximum atomic E-state index is 12.2. The van der Waals surface area contributed by atoms with Gasteiger partial charge >= 0.3 is 11.9 Å². The van der Waals surface area contributed by atoms with Gasteiger partial charge in [0, 0.05) is 5.92 Å². The maximum Gasteiger partial charge on any atom is 0.322 e. The van der Waals surface area contributed by atoms with Crippen LogP contribution in [-0.2, 0) is 19.1 Å². The molecule has 3 rings (SSSR count). The van der Waals surface area contributed by atoms with Crippen molar-refractivity contribution in [3.8, 4) is 11.1 Å². The first-order chi connectivity index (χ1) is 12.5. The van der Waals surface area contributed by atoms with Crippen molar-refractivity contribution in [1.29, 1.82) is 0 Å². The van der Waals surface area contributed by atoms with Gasteiger partial charge in [-0.15, -0.1) is 0 Å². The van der Waals surface area contributed by atoms with Gasteiger partial charge in [-0.3, -0.25) is 9.59 Å². The number of methoxy groups -OCH3 is 1. The van der Waals surface area contributed by atoms with Crippen LogP contribution in [0.5, 0.6) is 0 Å². The molecule has 0 bridgehead atoms. The van der Waals surface area contributed by atoms with Crippen molar-refractivity contribution in [1.82, 2.24) is 0 Å². The highest BCUT2D eigenvalue weighted by atomic mass is 16.5. The molecule has 0 aromatic heterocycles. The summed E-state index contributed by atoms with van der Waals surface area (Å²) in [6, 6.07) is 15.5. The second kappa shape index (κ2) is 7.70. The lowest BCUT2D eigenvalue weighted by Gasteiger charge is -2.18. The summed E-state index contributed by atoms with van der Waals surface area (Å²) in [5.41, 5.74) is 10.5. The second-order valence-corrected chi connectivity index (χ2v) is 6.64. The van der Waals surface area contributed by atoms with Crippen LogP contribution in [0.25, 0.3) is 11.1 Å². The SMILES string of the molecule is COC(=O)[C@@H](N)[C@H](C)CC(=O)OCC1c2ccccc2-c2ccccc21. The molecule has 0 saturated heterocycles. The third kappa shape index (κ3) is 3.48. The number of fused-ring (bicyclic) bond motifs is 3. The molecule has 5 heteroatoms. The summed E-state index contributed by atoms with van der Waals surface area (Å²) >= 11 is 0. The first kappa shape index (κ1) is 18.1. The lowest BCUT2D eigenvalue weighted by atomic mass is 9.97. The van der Waals surface area contributed by atoms with Crippen molar-refractivity contribution in [2.45, 2.75) is 25.3 Å². The minimum absolute atomic E-state index is 0.0240. The molecule has 0 saturated carbocycles. The van der Waals surface area contributed by atoms with E-state index in [1.165, 1.54) is 29.4 Å². The summed E-state index contributed by atoms with van der Waals surface area (Å²) in [4.78, 5) is 23.7. The molecule has 2 aromatic carbocycles. The monoisotopic (exact) mass is 353 g/mol. The van der Waals surface area contributed by atoms with Crippen molar-refractivity contribution in [3.63, 3.8) is 0 Å². The van der Waals surface area contributed by atoms with E-state index in [1.807, 2.05) is 24.3 Å². The van der Waals surface area contributed by atoms with E-state index in [0.29, 0.717) is 0 Å². The molecule has 5 nitrogen and oxygen atoms in total. The van der Waals surface area contributed by atoms with Gasteiger partial charge < -0.3 is 15.2 Å². The van der Waals surface area contributed by atoms with E-state index in [9.17, 15) is 9.59 Å². The Kier molecular flexibility index (Phi) is 5.38. The van der Waals surface area contributed by atoms with Crippen LogP contribution in [0.15, 0.2) is 48.5 Å². The van der Waals surface area contributed by atoms with Crippen LogP contribution in [-0.4, -0.2) is 31.7 Å². The Morgan fingerprint density at radius 3 is 2.12 bits per heavy atom. The molecule has 136 valence electrons. The average Bonchev–Trinajstić information content (AvgIpc) is 2.99. The summed E-state index contributed by atoms with van der Waals surface area (Å²) in [6.45, 7) is 2.01. The number of hydrogen-bond acceptors (Lipinski definition) is 5. The van der Waals surface area contributed by atoms with E-state index >= 15 is 0 Å². The first-order valence-electron chi connectivity index (χ1n) is 8.70. The van der Waals surface area contributed by atoms with Crippen LogP contribution < -0.4 is 5.73 Å². The van der Waals surface area contributed by atoms with Gasteiger partial charge in [0.15, 0.2) is 0 Å². The molecule has 0 spiro atoms. The molecule has 2 aromatic rings. The number of esters is 2. The summed E-state index contributed by atoms with van der Waals surface area (Å²) in [5, 5.41) is 0. The Morgan fingerprint density at radius 1 is 1.04 bits per heavy atom. The quantitative estimate of drug-likeness (QED) is 0.808. The van der Waals surface area contributed by atoms with Crippen LogP contribution in [0, 0.1) is 5.92 Å². The van der Waals surface area contributed by atoms with E-state index in [1.54, 1.807) is 6.92 Å². The van der Waals surface area contributed by atoms with Crippen molar-refractivity contribution in [3.05, 3.63) is 59.7 Å². The van der Waals surface area contributed by atoms with E-state index in [2.05, 4.69) is 29.0 Å². The van der Waals surface area contributed by atoms with Crippen LogP contribution in [0.2, 0.25) is 0 Å². The van der Waals surface area contributed by atoms with Gasteiger partial charge in [0.25, 0.3) is 0 Å². The van der Waals surface area contributed by atoms with Crippen molar-refractivity contribution < 1.29 is 19.1 Å². The smallest absolute Gasteiger partial charge is 0.322 e. The standard InChI is InChI=1S/C21H23NO4/c1-13(20(22)21(24)25-2)11-19(23)26-12-18-16-9-5-3-7-14(16)15-8-4-6-10-17(15)18/h3-10,13,18,20H,11-12,22H2,1-2H3/t13-,20+/m1/s1. The zero-order valence-electron chi connectivity index (χ0n) is 15.0. The Balaban J connectivity index is 1.67. The van der Waals surface area contributed by atoms with Gasteiger partial charge in [0.05, 0.1) is 13.5 Å². The highest BCUT2D eigenvalue weighted by molar-refractivity contribution is 5.79. The number of carbonyl (C=O) groups is 2. The van der Waals surface area contributed by atoms with Gasteiger partial charge in [0.1, 0.15) is 12.6 Å². The molecule has 0 amide bonds. The highest BCUT2D eigenvalue weighted by Crippen LogP contribution is 2.44. The largest absolute Gasteiger partial charge is 0.468 e. The number of benzene rings is 2. The van der Waals surface area contributed by atoms with E-state index in [4.69, 9.17) is 10.5 Å². The summed E-state index contributed by atoms with van der Waals surface area (Å²) < 4.78 is 10.1. The Labute approximate surface area is 153 Å². The topological polar surface area (TPSA) is 78.6 Å². The minimum atomic E-state index is -0.833. The Bertz CT molecular complexity index is 772. The minimum Gasteiger partial charge on any atom is -0.468 e. The van der Waals surface area contributed by atoms with E-state index < -0.39 is 12.0 Å². The second-order valence-electron chi connectivity index (χ2n) is 6.64. The van der Waals surface area contributed by atoms with Crippen LogP contribution in [0.3, 0.4) is 0 Å². The van der Waals surface area contributed by atoms with Gasteiger partial charge in [-0.2, -0.15) is 0 Å². The summed E-state index contributed by atoms with van der Waals surface area (Å²) in [6.07, 6.45) is 0.0757. The predicted molar refractivity (Wildman–Crippen MR) is 98.5 cm³/mol. The fourth-order valence-corrected chi connectivity index (χ4v) is 3.43. The number of ether oxygens (including phenoxy) is 2. The summed E-state index contributed by atoms with van der Waals surface area (Å²) in [7, 11) is 1.28.